The molecule has 0 fully saturated rings. The topological polar surface area (TPSA) is 0 Å². The molecule has 0 saturated carbocycles. The average Bonchev–Trinajstić information content (AvgIpc) is 2.30. The molecule has 0 amide bonds. The molecule has 7 atom stereocenters. The van der Waals surface area contributed by atoms with Gasteiger partial charge >= 0.3 is 0 Å². The number of hydrogen-bond acceptors (Lipinski definition) is 0. The highest BCUT2D eigenvalue weighted by atomic mass is 15.3. The minimum atomic E-state index is 0.0555. The van der Waals surface area contributed by atoms with E-state index in [1.54, 1.807) is 0 Å². The van der Waals surface area contributed by atoms with Gasteiger partial charge in [-0.2, -0.15) is 0 Å². The quantitative estimate of drug-likeness (QED) is 0.0594. The lowest BCUT2D eigenvalue weighted by atomic mass is 9.70. The Balaban J connectivity index is 1.40. The van der Waals surface area contributed by atoms with E-state index < -0.39 is 0 Å². The van der Waals surface area contributed by atoms with Crippen molar-refractivity contribution in [2.45, 2.75) is 264 Å². The summed E-state index contributed by atoms with van der Waals surface area (Å²) in [4.78, 5) is 0. The van der Waals surface area contributed by atoms with E-state index in [-0.39, 0.29) is 32.5 Å². The SMILES string of the molecule is CCC(CC(CC(CC(CC(CC(CC(C)c1ccc(C[N+](C)(C)C)cc1)c1ccc(C(C)(C)C)cc1)c1ccc(C(C)(C)C)cc1)c1ccc(C(C)(C)C)cc1)c1ccc(C(C)(C)C)cc1)c1ccc(C(C)(C)C)cc1)c1ccc(C(C)(C)C)cc1. The van der Waals surface area contributed by atoms with Crippen molar-refractivity contribution in [3.8, 4) is 0 Å². The molecular formula is C86H120N+. The van der Waals surface area contributed by atoms with Crippen molar-refractivity contribution in [3.63, 3.8) is 0 Å². The second-order valence-corrected chi connectivity index (χ2v) is 34.3. The van der Waals surface area contributed by atoms with Crippen LogP contribution in [0.1, 0.15) is 303 Å². The fourth-order valence-electron chi connectivity index (χ4n) is 13.7. The molecule has 1 nitrogen and oxygen atoms in total. The maximum absolute atomic E-state index is 2.54. The lowest BCUT2D eigenvalue weighted by molar-refractivity contribution is -0.884. The first-order valence-electron chi connectivity index (χ1n) is 33.9. The summed E-state index contributed by atoms with van der Waals surface area (Å²) >= 11 is 0. The van der Waals surface area contributed by atoms with E-state index in [9.17, 15) is 0 Å². The first-order chi connectivity index (χ1) is 40.3. The standard InChI is InChI=1S/C86H120N/c1-24-62(64-29-41-75(42-30-64)81(3,4)5)54-71(66-33-45-77(46-34-66)83(9,10)11)56-73(68-37-49-79(50-38-68)85(15,16)17)58-74(69-39-51-80(52-40-69)86(18,19)20)57-72(67-35-47-78(48-36-67)84(12,13)14)55-70(65-31-43-76(44-32-65)82(6,7)8)53-60(2)63-27-25-61(26-28-63)59-87(21,22)23/h25-52,60,62,70-74H,24,53-59H2,1-23H3/q+1. The van der Waals surface area contributed by atoms with Gasteiger partial charge in [0.25, 0.3) is 0 Å². The fourth-order valence-corrected chi connectivity index (χ4v) is 13.7. The molecule has 7 aromatic rings. The molecule has 0 aromatic heterocycles. The van der Waals surface area contributed by atoms with Crippen LogP contribution in [0.2, 0.25) is 0 Å². The smallest absolute Gasteiger partial charge is 0.104 e. The van der Waals surface area contributed by atoms with E-state index in [0.717, 1.165) is 56.0 Å². The second-order valence-electron chi connectivity index (χ2n) is 34.3. The first kappa shape index (κ1) is 69.0. The Morgan fingerprint density at radius 2 is 0.437 bits per heavy atom. The van der Waals surface area contributed by atoms with Gasteiger partial charge in [0.2, 0.25) is 0 Å². The normalized spacial score (nSPS) is 15.6. The Morgan fingerprint density at radius 1 is 0.253 bits per heavy atom. The summed E-state index contributed by atoms with van der Waals surface area (Å²) in [6, 6.07) is 69.1. The predicted molar refractivity (Wildman–Crippen MR) is 382 cm³/mol. The van der Waals surface area contributed by atoms with Gasteiger partial charge < -0.3 is 4.48 Å². The Bertz CT molecular complexity index is 3190. The first-order valence-corrected chi connectivity index (χ1v) is 33.9. The van der Waals surface area contributed by atoms with Gasteiger partial charge in [-0.1, -0.05) is 308 Å². The van der Waals surface area contributed by atoms with E-state index in [2.05, 4.69) is 329 Å². The van der Waals surface area contributed by atoms with Crippen LogP contribution in [0.3, 0.4) is 0 Å². The van der Waals surface area contributed by atoms with Crippen LogP contribution < -0.4 is 0 Å². The van der Waals surface area contributed by atoms with Crippen molar-refractivity contribution in [1.29, 1.82) is 0 Å². The van der Waals surface area contributed by atoms with Crippen LogP contribution >= 0.6 is 0 Å². The van der Waals surface area contributed by atoms with Gasteiger partial charge in [-0.3, -0.25) is 0 Å². The summed E-state index contributed by atoms with van der Waals surface area (Å²) in [7, 11) is 6.86. The lowest BCUT2D eigenvalue weighted by Gasteiger charge is -2.34. The van der Waals surface area contributed by atoms with Gasteiger partial charge in [0, 0.05) is 5.56 Å². The molecule has 87 heavy (non-hydrogen) atoms. The van der Waals surface area contributed by atoms with Crippen LogP contribution in [0, 0.1) is 0 Å². The van der Waals surface area contributed by atoms with Crippen LogP contribution in [0.5, 0.6) is 0 Å². The molecule has 0 radical (unpaired) electrons. The number of hydrogen-bond donors (Lipinski definition) is 0. The molecule has 0 bridgehead atoms. The summed E-state index contributed by atoms with van der Waals surface area (Å²) in [6.45, 7) is 48.3. The van der Waals surface area contributed by atoms with Crippen LogP contribution in [0.25, 0.3) is 0 Å². The maximum atomic E-state index is 2.54. The van der Waals surface area contributed by atoms with Crippen molar-refractivity contribution in [2.24, 2.45) is 0 Å². The Kier molecular flexibility index (Phi) is 22.0. The average molecular weight is 1170 g/mol. The van der Waals surface area contributed by atoms with Crippen LogP contribution in [-0.2, 0) is 39.0 Å². The van der Waals surface area contributed by atoms with Gasteiger partial charge in [-0.25, -0.2) is 0 Å². The zero-order chi connectivity index (χ0) is 64.1. The summed E-state index contributed by atoms with van der Waals surface area (Å²) in [5, 5.41) is 0. The number of quaternary nitrogens is 1. The lowest BCUT2D eigenvalue weighted by Crippen LogP contribution is -2.33. The summed E-state index contributed by atoms with van der Waals surface area (Å²) < 4.78 is 0.921. The van der Waals surface area contributed by atoms with Crippen LogP contribution in [-0.4, -0.2) is 25.6 Å². The van der Waals surface area contributed by atoms with Crippen molar-refractivity contribution in [3.05, 3.63) is 248 Å². The molecule has 0 spiro atoms. The highest BCUT2D eigenvalue weighted by Gasteiger charge is 2.32. The summed E-state index contributed by atoms with van der Waals surface area (Å²) in [5.41, 5.74) is 20.5. The molecule has 0 aliphatic carbocycles. The van der Waals surface area contributed by atoms with Crippen LogP contribution in [0.15, 0.2) is 170 Å². The monoisotopic (exact) mass is 1170 g/mol. The van der Waals surface area contributed by atoms with Gasteiger partial charge in [-0.05, 0) is 191 Å². The predicted octanol–water partition coefficient (Wildman–Crippen LogP) is 24.2. The summed E-state index contributed by atoms with van der Waals surface area (Å²) in [6.07, 6.45) is 7.58. The Labute approximate surface area is 534 Å². The number of rotatable bonds is 22. The minimum absolute atomic E-state index is 0.0555. The molecule has 1 heteroatoms. The van der Waals surface area contributed by atoms with Crippen molar-refractivity contribution >= 4 is 0 Å². The molecule has 0 heterocycles. The summed E-state index contributed by atoms with van der Waals surface area (Å²) in [5.74, 6) is 2.44. The molecule has 468 valence electrons. The third-order valence-corrected chi connectivity index (χ3v) is 19.7. The largest absolute Gasteiger partial charge is 0.327 e. The van der Waals surface area contributed by atoms with E-state index in [0.29, 0.717) is 41.4 Å². The number of benzene rings is 7. The van der Waals surface area contributed by atoms with E-state index in [1.807, 2.05) is 0 Å². The van der Waals surface area contributed by atoms with Gasteiger partial charge in [-0.15, -0.1) is 0 Å². The maximum Gasteiger partial charge on any atom is 0.104 e. The van der Waals surface area contributed by atoms with Crippen molar-refractivity contribution in [1.82, 2.24) is 0 Å². The third kappa shape index (κ3) is 19.5. The molecule has 0 aliphatic rings. The third-order valence-electron chi connectivity index (χ3n) is 19.7. The Hall–Kier alpha value is -5.50. The molecular weight excluding hydrogens is 1050 g/mol. The second kappa shape index (κ2) is 27.7. The van der Waals surface area contributed by atoms with Gasteiger partial charge in [0.1, 0.15) is 6.54 Å². The van der Waals surface area contributed by atoms with E-state index in [1.165, 1.54) is 77.9 Å². The zero-order valence-corrected chi connectivity index (χ0v) is 59.3. The number of nitrogens with zero attached hydrogens (tertiary/aromatic N) is 1. The highest BCUT2D eigenvalue weighted by Crippen LogP contribution is 2.48. The van der Waals surface area contributed by atoms with Crippen molar-refractivity contribution < 1.29 is 4.48 Å². The van der Waals surface area contributed by atoms with Crippen molar-refractivity contribution in [2.75, 3.05) is 21.1 Å². The van der Waals surface area contributed by atoms with E-state index in [4.69, 9.17) is 0 Å². The molecule has 0 N–H and O–H groups in total. The molecule has 0 saturated heterocycles. The molecule has 0 aliphatic heterocycles. The van der Waals surface area contributed by atoms with Gasteiger partial charge in [0.05, 0.1) is 21.1 Å². The minimum Gasteiger partial charge on any atom is -0.327 e. The molecule has 7 rings (SSSR count). The molecule has 7 unspecified atom stereocenters. The molecule has 7 aromatic carbocycles. The van der Waals surface area contributed by atoms with Gasteiger partial charge in [0.15, 0.2) is 0 Å². The van der Waals surface area contributed by atoms with E-state index >= 15 is 0 Å². The zero-order valence-electron chi connectivity index (χ0n) is 59.3. The highest BCUT2D eigenvalue weighted by molar-refractivity contribution is 5.39. The fraction of sp³-hybridized carbons (Fsp3) is 0.512. The Morgan fingerprint density at radius 3 is 0.632 bits per heavy atom. The van der Waals surface area contributed by atoms with Crippen LogP contribution in [0.4, 0.5) is 0 Å².